The highest BCUT2D eigenvalue weighted by Crippen LogP contribution is 2.29. The second-order valence-electron chi connectivity index (χ2n) is 4.73. The molecule has 0 aliphatic heterocycles. The molecule has 4 nitrogen and oxygen atoms in total. The van der Waals surface area contributed by atoms with Crippen LogP contribution in [0.5, 0.6) is 0 Å². The minimum absolute atomic E-state index is 0.0841. The van der Waals surface area contributed by atoms with E-state index in [1.807, 2.05) is 24.4 Å². The highest BCUT2D eigenvalue weighted by Gasteiger charge is 2.21. The van der Waals surface area contributed by atoms with Crippen LogP contribution in [-0.2, 0) is 5.41 Å². The fraction of sp³-hybridized carbons (Fsp3) is 0.308. The van der Waals surface area contributed by atoms with Gasteiger partial charge in [0.1, 0.15) is 10.4 Å². The van der Waals surface area contributed by atoms with Gasteiger partial charge < -0.3 is 5.32 Å². The zero-order chi connectivity index (χ0) is 13.9. The minimum atomic E-state index is -0.0841. The van der Waals surface area contributed by atoms with Crippen molar-refractivity contribution >= 4 is 28.1 Å². The largest absolute Gasteiger partial charge is 0.361 e. The zero-order valence-electron chi connectivity index (χ0n) is 10.6. The quantitative estimate of drug-likeness (QED) is 0.937. The number of halogens is 1. The van der Waals surface area contributed by atoms with Crippen LogP contribution in [0.4, 0.5) is 5.13 Å². The Balaban J connectivity index is 2.07. The molecule has 0 aliphatic rings. The van der Waals surface area contributed by atoms with Crippen LogP contribution in [-0.4, -0.2) is 16.5 Å². The number of anilines is 1. The maximum Gasteiger partial charge on any atom is 0.185 e. The molecular formula is C13H13ClN4S. The lowest BCUT2D eigenvalue weighted by Gasteiger charge is -2.24. The molecule has 0 aliphatic carbocycles. The standard InChI is InChI=1S/C13H13ClN4S/c1-13(2,9-4-3-5-16-7-9)8-17-12-18-10(6-15)11(14)19-12/h3-5,7H,8H2,1-2H3,(H,17,18). The minimum Gasteiger partial charge on any atom is -0.361 e. The first-order valence-corrected chi connectivity index (χ1v) is 6.93. The van der Waals surface area contributed by atoms with Gasteiger partial charge in [0.05, 0.1) is 0 Å². The van der Waals surface area contributed by atoms with Crippen molar-refractivity contribution in [3.05, 3.63) is 40.1 Å². The molecule has 0 atom stereocenters. The molecule has 98 valence electrons. The lowest BCUT2D eigenvalue weighted by atomic mass is 9.86. The number of nitrogens with one attached hydrogen (secondary N) is 1. The van der Waals surface area contributed by atoms with Crippen LogP contribution in [0.2, 0.25) is 4.34 Å². The molecule has 1 N–H and O–H groups in total. The lowest BCUT2D eigenvalue weighted by Crippen LogP contribution is -2.27. The van der Waals surface area contributed by atoms with Gasteiger partial charge in [0, 0.05) is 24.4 Å². The van der Waals surface area contributed by atoms with Crippen molar-refractivity contribution in [2.24, 2.45) is 0 Å². The number of aromatic nitrogens is 2. The van der Waals surface area contributed by atoms with Gasteiger partial charge in [0.15, 0.2) is 10.8 Å². The lowest BCUT2D eigenvalue weighted by molar-refractivity contribution is 0.554. The van der Waals surface area contributed by atoms with Crippen LogP contribution in [0.1, 0.15) is 25.1 Å². The summed E-state index contributed by atoms with van der Waals surface area (Å²) in [5.41, 5.74) is 1.33. The highest BCUT2D eigenvalue weighted by atomic mass is 35.5. The molecule has 2 rings (SSSR count). The number of nitrogens with zero attached hydrogens (tertiary/aromatic N) is 3. The molecule has 0 saturated carbocycles. The zero-order valence-corrected chi connectivity index (χ0v) is 12.2. The van der Waals surface area contributed by atoms with Crippen LogP contribution in [0, 0.1) is 11.3 Å². The van der Waals surface area contributed by atoms with Gasteiger partial charge in [-0.3, -0.25) is 4.98 Å². The Hall–Kier alpha value is -1.64. The van der Waals surface area contributed by atoms with Crippen LogP contribution in [0.25, 0.3) is 0 Å². The third kappa shape index (κ3) is 3.22. The average molecular weight is 293 g/mol. The smallest absolute Gasteiger partial charge is 0.185 e. The van der Waals surface area contributed by atoms with Gasteiger partial charge in [-0.2, -0.15) is 5.26 Å². The number of rotatable bonds is 4. The summed E-state index contributed by atoms with van der Waals surface area (Å²) in [6.07, 6.45) is 3.62. The fourth-order valence-corrected chi connectivity index (χ4v) is 2.55. The highest BCUT2D eigenvalue weighted by molar-refractivity contribution is 7.19. The molecule has 19 heavy (non-hydrogen) atoms. The van der Waals surface area contributed by atoms with E-state index in [9.17, 15) is 0 Å². The van der Waals surface area contributed by atoms with Crippen LogP contribution < -0.4 is 5.32 Å². The summed E-state index contributed by atoms with van der Waals surface area (Å²) in [4.78, 5) is 8.26. The summed E-state index contributed by atoms with van der Waals surface area (Å²) in [5.74, 6) is 0. The van der Waals surface area contributed by atoms with E-state index in [1.54, 1.807) is 6.20 Å². The fourth-order valence-electron chi connectivity index (χ4n) is 1.61. The van der Waals surface area contributed by atoms with Gasteiger partial charge in [-0.05, 0) is 11.6 Å². The van der Waals surface area contributed by atoms with Crippen molar-refractivity contribution in [2.75, 3.05) is 11.9 Å². The van der Waals surface area contributed by atoms with E-state index in [0.29, 0.717) is 16.0 Å². The number of hydrogen-bond acceptors (Lipinski definition) is 5. The molecule has 0 radical (unpaired) electrons. The Morgan fingerprint density at radius 3 is 2.89 bits per heavy atom. The van der Waals surface area contributed by atoms with Crippen LogP contribution in [0.15, 0.2) is 24.5 Å². The Morgan fingerprint density at radius 2 is 2.32 bits per heavy atom. The first-order valence-electron chi connectivity index (χ1n) is 5.74. The van der Waals surface area contributed by atoms with E-state index in [-0.39, 0.29) is 11.1 Å². The molecule has 0 spiro atoms. The summed E-state index contributed by atoms with van der Waals surface area (Å²) in [6, 6.07) is 5.93. The second-order valence-corrected chi connectivity index (χ2v) is 6.33. The third-order valence-electron chi connectivity index (χ3n) is 2.82. The molecule has 0 unspecified atom stereocenters. The van der Waals surface area contributed by atoms with Gasteiger partial charge in [0.2, 0.25) is 0 Å². The summed E-state index contributed by atoms with van der Waals surface area (Å²) in [6.45, 7) is 4.93. The van der Waals surface area contributed by atoms with Crippen molar-refractivity contribution in [3.8, 4) is 6.07 Å². The average Bonchev–Trinajstić information content (AvgIpc) is 2.78. The predicted octanol–water partition coefficient (Wildman–Crippen LogP) is 3.45. The van der Waals surface area contributed by atoms with Gasteiger partial charge in [-0.25, -0.2) is 4.98 Å². The molecule has 0 bridgehead atoms. The van der Waals surface area contributed by atoms with E-state index in [2.05, 4.69) is 29.1 Å². The number of nitriles is 1. The van der Waals surface area contributed by atoms with E-state index >= 15 is 0 Å². The molecule has 0 aromatic carbocycles. The number of pyridine rings is 1. The molecule has 2 aromatic heterocycles. The Morgan fingerprint density at radius 1 is 1.53 bits per heavy atom. The summed E-state index contributed by atoms with van der Waals surface area (Å²) < 4.78 is 0.421. The SMILES string of the molecule is CC(C)(CNc1nc(C#N)c(Cl)s1)c1cccnc1. The van der Waals surface area contributed by atoms with Crippen molar-refractivity contribution in [3.63, 3.8) is 0 Å². The molecule has 6 heteroatoms. The second kappa shape index (κ2) is 5.55. The topological polar surface area (TPSA) is 61.6 Å². The van der Waals surface area contributed by atoms with Crippen molar-refractivity contribution in [2.45, 2.75) is 19.3 Å². The molecule has 0 fully saturated rings. The van der Waals surface area contributed by atoms with Gasteiger partial charge >= 0.3 is 0 Å². The summed E-state index contributed by atoms with van der Waals surface area (Å²) in [7, 11) is 0. The first-order chi connectivity index (χ1) is 9.03. The maximum absolute atomic E-state index is 8.81. The molecular weight excluding hydrogens is 280 g/mol. The first kappa shape index (κ1) is 13.8. The van der Waals surface area contributed by atoms with Crippen molar-refractivity contribution in [1.29, 1.82) is 5.26 Å². The van der Waals surface area contributed by atoms with Crippen molar-refractivity contribution < 1.29 is 0 Å². The number of hydrogen-bond donors (Lipinski definition) is 1. The van der Waals surface area contributed by atoms with Crippen molar-refractivity contribution in [1.82, 2.24) is 9.97 Å². The van der Waals surface area contributed by atoms with E-state index in [0.717, 1.165) is 5.56 Å². The van der Waals surface area contributed by atoms with Gasteiger partial charge in [-0.15, -0.1) is 0 Å². The Labute approximate surface area is 121 Å². The Kier molecular flexibility index (Phi) is 4.03. The van der Waals surface area contributed by atoms with Crippen LogP contribution >= 0.6 is 22.9 Å². The van der Waals surface area contributed by atoms with E-state index in [1.165, 1.54) is 11.3 Å². The molecule has 2 aromatic rings. The van der Waals surface area contributed by atoms with E-state index < -0.39 is 0 Å². The molecule has 0 amide bonds. The van der Waals surface area contributed by atoms with Gasteiger partial charge in [0.25, 0.3) is 0 Å². The maximum atomic E-state index is 8.81. The summed E-state index contributed by atoms with van der Waals surface area (Å²) in [5, 5.41) is 12.7. The number of thiazole rings is 1. The Bertz CT molecular complexity index is 601. The molecule has 0 saturated heterocycles. The predicted molar refractivity (Wildman–Crippen MR) is 77.6 cm³/mol. The molecule has 2 heterocycles. The third-order valence-corrected chi connectivity index (χ3v) is 4.03. The normalized spacial score (nSPS) is 11.1. The van der Waals surface area contributed by atoms with E-state index in [4.69, 9.17) is 16.9 Å². The monoisotopic (exact) mass is 292 g/mol. The van der Waals surface area contributed by atoms with Crippen LogP contribution in [0.3, 0.4) is 0 Å². The van der Waals surface area contributed by atoms with Gasteiger partial charge in [-0.1, -0.05) is 42.9 Å². The summed E-state index contributed by atoms with van der Waals surface area (Å²) >= 11 is 7.18.